The van der Waals surface area contributed by atoms with Gasteiger partial charge in [-0.1, -0.05) is 6.92 Å². The number of aryl methyl sites for hydroxylation is 1. The average Bonchev–Trinajstić information content (AvgIpc) is 2.32. The molecular weight excluding hydrogens is 228 g/mol. The molecule has 0 atom stereocenters. The number of rotatable bonds is 2. The molecule has 2 rings (SSSR count). The highest BCUT2D eigenvalue weighted by Gasteiger charge is 2.21. The summed E-state index contributed by atoms with van der Waals surface area (Å²) in [7, 11) is 0. The van der Waals surface area contributed by atoms with Crippen LogP contribution in [0.1, 0.15) is 48.7 Å². The second kappa shape index (κ2) is 5.38. The van der Waals surface area contributed by atoms with Gasteiger partial charge in [-0.3, -0.25) is 9.59 Å². The van der Waals surface area contributed by atoms with E-state index in [0.29, 0.717) is 0 Å². The van der Waals surface area contributed by atoms with Gasteiger partial charge in [0.05, 0.1) is 0 Å². The first-order valence-electron chi connectivity index (χ1n) is 6.56. The summed E-state index contributed by atoms with van der Waals surface area (Å²) in [5.74, 6) is 0.497. The third-order valence-corrected chi connectivity index (χ3v) is 3.65. The van der Waals surface area contributed by atoms with E-state index in [1.807, 2.05) is 0 Å². The van der Waals surface area contributed by atoms with Gasteiger partial charge in [-0.2, -0.15) is 0 Å². The van der Waals surface area contributed by atoms with Gasteiger partial charge in [0.25, 0.3) is 5.91 Å². The summed E-state index contributed by atoms with van der Waals surface area (Å²) in [6.07, 6.45) is 5.82. The number of amides is 1. The van der Waals surface area contributed by atoms with E-state index in [2.05, 4.69) is 17.2 Å². The average molecular weight is 248 g/mol. The summed E-state index contributed by atoms with van der Waals surface area (Å²) < 4.78 is 0. The summed E-state index contributed by atoms with van der Waals surface area (Å²) in [5.41, 5.74) is 0.759. The minimum absolute atomic E-state index is 0.208. The minimum Gasteiger partial charge on any atom is -0.364 e. The van der Waals surface area contributed by atoms with Crippen LogP contribution in [-0.2, 0) is 0 Å². The highest BCUT2D eigenvalue weighted by atomic mass is 16.2. The molecule has 0 aliphatic heterocycles. The number of aromatic amines is 1. The molecule has 4 nitrogen and oxygen atoms in total. The number of pyridine rings is 1. The van der Waals surface area contributed by atoms with E-state index in [0.717, 1.165) is 37.3 Å². The van der Waals surface area contributed by atoms with Crippen molar-refractivity contribution < 1.29 is 4.79 Å². The monoisotopic (exact) mass is 248 g/mol. The largest absolute Gasteiger partial charge is 0.364 e. The van der Waals surface area contributed by atoms with Gasteiger partial charge in [0.2, 0.25) is 0 Å². The van der Waals surface area contributed by atoms with Crippen molar-refractivity contribution in [3.63, 3.8) is 0 Å². The molecule has 18 heavy (non-hydrogen) atoms. The molecule has 0 saturated heterocycles. The number of aromatic nitrogens is 1. The smallest absolute Gasteiger partial charge is 0.256 e. The lowest BCUT2D eigenvalue weighted by Crippen LogP contribution is -2.39. The van der Waals surface area contributed by atoms with Crippen molar-refractivity contribution >= 4 is 5.91 Å². The first-order chi connectivity index (χ1) is 8.56. The lowest BCUT2D eigenvalue weighted by atomic mass is 9.87. The Kier molecular flexibility index (Phi) is 3.84. The molecule has 1 aromatic heterocycles. The Morgan fingerprint density at radius 2 is 2.00 bits per heavy atom. The third kappa shape index (κ3) is 3.00. The van der Waals surface area contributed by atoms with E-state index >= 15 is 0 Å². The number of H-pyrrole nitrogens is 1. The fraction of sp³-hybridized carbons (Fsp3) is 0.571. The fourth-order valence-electron chi connectivity index (χ4n) is 2.42. The Labute approximate surface area is 107 Å². The van der Waals surface area contributed by atoms with Crippen molar-refractivity contribution in [2.75, 3.05) is 0 Å². The SMILES string of the molecule is Cc1cc(=O)c(C(=O)NC2CCC(C)CC2)c[nH]1. The van der Waals surface area contributed by atoms with Crippen LogP contribution in [0, 0.1) is 12.8 Å². The second-order valence-electron chi connectivity index (χ2n) is 5.32. The summed E-state index contributed by atoms with van der Waals surface area (Å²) in [6.45, 7) is 4.04. The van der Waals surface area contributed by atoms with E-state index in [1.165, 1.54) is 12.3 Å². The Bertz CT molecular complexity index is 485. The molecule has 0 aromatic carbocycles. The first-order valence-corrected chi connectivity index (χ1v) is 6.56. The highest BCUT2D eigenvalue weighted by molar-refractivity contribution is 5.93. The predicted molar refractivity (Wildman–Crippen MR) is 70.7 cm³/mol. The van der Waals surface area contributed by atoms with Crippen molar-refractivity contribution in [3.05, 3.63) is 33.7 Å². The maximum atomic E-state index is 12.0. The van der Waals surface area contributed by atoms with Crippen molar-refractivity contribution in [1.82, 2.24) is 10.3 Å². The molecule has 1 heterocycles. The standard InChI is InChI=1S/C14H20N2O2/c1-9-3-5-11(6-4-9)16-14(18)12-8-15-10(2)7-13(12)17/h7-9,11H,3-6H2,1-2H3,(H,15,17)(H,16,18). The molecule has 1 amide bonds. The van der Waals surface area contributed by atoms with E-state index in [4.69, 9.17) is 0 Å². The van der Waals surface area contributed by atoms with Crippen molar-refractivity contribution in [2.45, 2.75) is 45.6 Å². The summed E-state index contributed by atoms with van der Waals surface area (Å²) in [6, 6.07) is 1.67. The van der Waals surface area contributed by atoms with Gasteiger partial charge in [0, 0.05) is 24.0 Å². The van der Waals surface area contributed by atoms with E-state index in [9.17, 15) is 9.59 Å². The van der Waals surface area contributed by atoms with E-state index < -0.39 is 0 Å². The van der Waals surface area contributed by atoms with Gasteiger partial charge in [-0.25, -0.2) is 0 Å². The van der Waals surface area contributed by atoms with Crippen LogP contribution in [0.25, 0.3) is 0 Å². The Balaban J connectivity index is 2.01. The van der Waals surface area contributed by atoms with Crippen LogP contribution in [0.3, 0.4) is 0 Å². The Morgan fingerprint density at radius 1 is 1.33 bits per heavy atom. The van der Waals surface area contributed by atoms with E-state index in [1.54, 1.807) is 6.92 Å². The maximum absolute atomic E-state index is 12.0. The van der Waals surface area contributed by atoms with Crippen LogP contribution in [0.4, 0.5) is 0 Å². The molecule has 0 unspecified atom stereocenters. The first kappa shape index (κ1) is 12.9. The molecule has 1 saturated carbocycles. The molecule has 0 bridgehead atoms. The number of carbonyl (C=O) groups is 1. The topological polar surface area (TPSA) is 62.0 Å². The zero-order valence-electron chi connectivity index (χ0n) is 11.0. The molecule has 4 heteroatoms. The van der Waals surface area contributed by atoms with Crippen LogP contribution in [0.15, 0.2) is 17.1 Å². The van der Waals surface area contributed by atoms with E-state index in [-0.39, 0.29) is 22.9 Å². The van der Waals surface area contributed by atoms with Crippen molar-refractivity contribution in [2.24, 2.45) is 5.92 Å². The zero-order valence-corrected chi connectivity index (χ0v) is 11.0. The molecule has 1 aliphatic carbocycles. The predicted octanol–water partition coefficient (Wildman–Crippen LogP) is 1.99. The summed E-state index contributed by atoms with van der Waals surface area (Å²) in [5, 5.41) is 2.96. The van der Waals surface area contributed by atoms with Gasteiger partial charge in [0.1, 0.15) is 5.56 Å². The normalized spacial score (nSPS) is 23.7. The lowest BCUT2D eigenvalue weighted by molar-refractivity contribution is 0.0921. The molecule has 1 aliphatic rings. The third-order valence-electron chi connectivity index (χ3n) is 3.65. The van der Waals surface area contributed by atoms with Crippen LogP contribution in [0.2, 0.25) is 0 Å². The number of carbonyl (C=O) groups excluding carboxylic acids is 1. The molecule has 0 radical (unpaired) electrons. The number of hydrogen-bond donors (Lipinski definition) is 2. The molecule has 1 aromatic rings. The van der Waals surface area contributed by atoms with Crippen LogP contribution in [-0.4, -0.2) is 16.9 Å². The quantitative estimate of drug-likeness (QED) is 0.840. The number of nitrogens with one attached hydrogen (secondary N) is 2. The molecule has 1 fully saturated rings. The van der Waals surface area contributed by atoms with Crippen molar-refractivity contribution in [1.29, 1.82) is 0 Å². The van der Waals surface area contributed by atoms with Gasteiger partial charge in [0.15, 0.2) is 5.43 Å². The zero-order chi connectivity index (χ0) is 13.1. The summed E-state index contributed by atoms with van der Waals surface area (Å²) >= 11 is 0. The molecule has 0 spiro atoms. The van der Waals surface area contributed by atoms with Crippen LogP contribution in [0.5, 0.6) is 0 Å². The molecule has 98 valence electrons. The van der Waals surface area contributed by atoms with Gasteiger partial charge in [-0.05, 0) is 38.5 Å². The Hall–Kier alpha value is -1.58. The maximum Gasteiger partial charge on any atom is 0.256 e. The number of hydrogen-bond acceptors (Lipinski definition) is 2. The fourth-order valence-corrected chi connectivity index (χ4v) is 2.42. The second-order valence-corrected chi connectivity index (χ2v) is 5.32. The lowest BCUT2D eigenvalue weighted by Gasteiger charge is -2.26. The summed E-state index contributed by atoms with van der Waals surface area (Å²) in [4.78, 5) is 26.6. The molecule has 2 N–H and O–H groups in total. The van der Waals surface area contributed by atoms with Gasteiger partial charge in [-0.15, -0.1) is 0 Å². The van der Waals surface area contributed by atoms with Crippen LogP contribution >= 0.6 is 0 Å². The van der Waals surface area contributed by atoms with Gasteiger partial charge < -0.3 is 10.3 Å². The minimum atomic E-state index is -0.254. The highest BCUT2D eigenvalue weighted by Crippen LogP contribution is 2.23. The van der Waals surface area contributed by atoms with Gasteiger partial charge >= 0.3 is 0 Å². The van der Waals surface area contributed by atoms with Crippen LogP contribution < -0.4 is 10.7 Å². The van der Waals surface area contributed by atoms with Crippen molar-refractivity contribution in [3.8, 4) is 0 Å². The Morgan fingerprint density at radius 3 is 2.61 bits per heavy atom. The molecular formula is C14H20N2O2.